The van der Waals surface area contributed by atoms with Gasteiger partial charge in [-0.25, -0.2) is 8.42 Å². The molecule has 1 aliphatic heterocycles. The Kier molecular flexibility index (Phi) is 5.76. The molecular weight excluding hydrogens is 312 g/mol. The van der Waals surface area contributed by atoms with Gasteiger partial charge < -0.3 is 9.47 Å². The molecule has 0 N–H and O–H groups in total. The third-order valence-corrected chi connectivity index (χ3v) is 6.14. The molecule has 1 heterocycles. The minimum absolute atomic E-state index is 0.161. The Labute approximate surface area is 131 Å². The van der Waals surface area contributed by atoms with Crippen LogP contribution in [0.15, 0.2) is 24.3 Å². The van der Waals surface area contributed by atoms with Crippen molar-refractivity contribution in [3.05, 3.63) is 24.3 Å². The summed E-state index contributed by atoms with van der Waals surface area (Å²) in [5.74, 6) is 2.76. The second-order valence-corrected chi connectivity index (χ2v) is 7.90. The molecule has 1 aromatic carbocycles. The minimum atomic E-state index is -2.86. The molecule has 2 rings (SSSR count). The zero-order chi connectivity index (χ0) is 15.3. The quantitative estimate of drug-likeness (QED) is 0.720. The summed E-state index contributed by atoms with van der Waals surface area (Å²) in [6.45, 7) is 0.508. The number of para-hydroxylation sites is 2. The summed E-state index contributed by atoms with van der Waals surface area (Å²) in [5.41, 5.74) is 0. The summed E-state index contributed by atoms with van der Waals surface area (Å²) >= 11 is 6.01. The first-order valence-electron chi connectivity index (χ1n) is 7.08. The van der Waals surface area contributed by atoms with Gasteiger partial charge in [0.05, 0.1) is 25.2 Å². The van der Waals surface area contributed by atoms with Crippen molar-refractivity contribution >= 4 is 21.4 Å². The van der Waals surface area contributed by atoms with Crippen molar-refractivity contribution in [3.8, 4) is 11.5 Å². The van der Waals surface area contributed by atoms with E-state index in [-0.39, 0.29) is 17.6 Å². The second kappa shape index (κ2) is 7.36. The molecule has 118 valence electrons. The van der Waals surface area contributed by atoms with E-state index in [1.807, 2.05) is 24.3 Å². The number of halogens is 1. The maximum Gasteiger partial charge on any atom is 0.161 e. The number of ether oxygens (including phenoxy) is 2. The number of benzene rings is 1. The smallest absolute Gasteiger partial charge is 0.161 e. The Hall–Kier alpha value is -0.940. The van der Waals surface area contributed by atoms with Gasteiger partial charge in [0.2, 0.25) is 0 Å². The van der Waals surface area contributed by atoms with Gasteiger partial charge in [-0.2, -0.15) is 0 Å². The van der Waals surface area contributed by atoms with Crippen molar-refractivity contribution in [2.24, 2.45) is 11.8 Å². The molecule has 2 atom stereocenters. The SMILES string of the molecule is COc1ccccc1OCCC(CCl)C1CCS(=O)(=O)C1. The maximum atomic E-state index is 11.5. The molecule has 0 spiro atoms. The summed E-state index contributed by atoms with van der Waals surface area (Å²) in [4.78, 5) is 0. The van der Waals surface area contributed by atoms with Gasteiger partial charge >= 0.3 is 0 Å². The topological polar surface area (TPSA) is 52.6 Å². The molecule has 0 aliphatic carbocycles. The minimum Gasteiger partial charge on any atom is -0.493 e. The highest BCUT2D eigenvalue weighted by Crippen LogP contribution is 2.30. The highest BCUT2D eigenvalue weighted by Gasteiger charge is 2.33. The molecule has 0 amide bonds. The van der Waals surface area contributed by atoms with Crippen LogP contribution in [-0.4, -0.2) is 39.5 Å². The monoisotopic (exact) mass is 332 g/mol. The molecule has 2 unspecified atom stereocenters. The summed E-state index contributed by atoms with van der Waals surface area (Å²) < 4.78 is 34.1. The Balaban J connectivity index is 1.86. The lowest BCUT2D eigenvalue weighted by atomic mass is 9.91. The molecule has 6 heteroatoms. The van der Waals surface area contributed by atoms with E-state index in [1.54, 1.807) is 7.11 Å². The van der Waals surface area contributed by atoms with E-state index in [4.69, 9.17) is 21.1 Å². The molecular formula is C15H21ClO4S. The fourth-order valence-corrected chi connectivity index (χ4v) is 5.02. The predicted molar refractivity (Wildman–Crippen MR) is 84.1 cm³/mol. The first-order valence-corrected chi connectivity index (χ1v) is 9.43. The van der Waals surface area contributed by atoms with Gasteiger partial charge in [-0.1, -0.05) is 12.1 Å². The zero-order valence-corrected chi connectivity index (χ0v) is 13.7. The van der Waals surface area contributed by atoms with Crippen LogP contribution in [0, 0.1) is 11.8 Å². The molecule has 0 aromatic heterocycles. The van der Waals surface area contributed by atoms with Gasteiger partial charge in [-0.05, 0) is 36.8 Å². The molecule has 0 bridgehead atoms. The highest BCUT2D eigenvalue weighted by atomic mass is 35.5. The van der Waals surface area contributed by atoms with E-state index in [1.165, 1.54) is 0 Å². The van der Waals surface area contributed by atoms with Gasteiger partial charge in [-0.3, -0.25) is 0 Å². The summed E-state index contributed by atoms with van der Waals surface area (Å²) in [5, 5.41) is 0. The molecule has 0 radical (unpaired) electrons. The Bertz CT molecular complexity index is 559. The first-order chi connectivity index (χ1) is 10.1. The van der Waals surface area contributed by atoms with Crippen molar-refractivity contribution in [2.75, 3.05) is 31.1 Å². The van der Waals surface area contributed by atoms with Crippen LogP contribution in [0.1, 0.15) is 12.8 Å². The van der Waals surface area contributed by atoms with Crippen LogP contribution < -0.4 is 9.47 Å². The molecule has 0 saturated carbocycles. The van der Waals surface area contributed by atoms with Crippen molar-refractivity contribution in [2.45, 2.75) is 12.8 Å². The first kappa shape index (κ1) is 16.4. The lowest BCUT2D eigenvalue weighted by Crippen LogP contribution is -2.20. The number of hydrogen-bond acceptors (Lipinski definition) is 4. The van der Waals surface area contributed by atoms with E-state index in [2.05, 4.69) is 0 Å². The predicted octanol–water partition coefficient (Wildman–Crippen LogP) is 2.75. The van der Waals surface area contributed by atoms with E-state index >= 15 is 0 Å². The average Bonchev–Trinajstić information content (AvgIpc) is 2.84. The van der Waals surface area contributed by atoms with Gasteiger partial charge in [0.1, 0.15) is 0 Å². The molecule has 1 saturated heterocycles. The highest BCUT2D eigenvalue weighted by molar-refractivity contribution is 7.91. The Morgan fingerprint density at radius 3 is 2.62 bits per heavy atom. The van der Waals surface area contributed by atoms with Gasteiger partial charge in [0, 0.05) is 5.88 Å². The number of sulfone groups is 1. The van der Waals surface area contributed by atoms with Crippen LogP contribution >= 0.6 is 11.6 Å². The molecule has 4 nitrogen and oxygen atoms in total. The zero-order valence-electron chi connectivity index (χ0n) is 12.1. The number of methoxy groups -OCH3 is 1. The standard InChI is InChI=1S/C15H21ClO4S/c1-19-14-4-2-3-5-15(14)20-8-6-12(10-16)13-7-9-21(17,18)11-13/h2-5,12-13H,6-11H2,1H3. The van der Waals surface area contributed by atoms with Crippen molar-refractivity contribution in [1.82, 2.24) is 0 Å². The van der Waals surface area contributed by atoms with Crippen LogP contribution in [0.4, 0.5) is 0 Å². The third-order valence-electron chi connectivity index (χ3n) is 3.95. The van der Waals surface area contributed by atoms with Gasteiger partial charge in [0.15, 0.2) is 21.3 Å². The normalized spacial score (nSPS) is 21.9. The van der Waals surface area contributed by atoms with Gasteiger partial charge in [-0.15, -0.1) is 11.6 Å². The summed E-state index contributed by atoms with van der Waals surface area (Å²) in [7, 11) is -1.25. The largest absolute Gasteiger partial charge is 0.493 e. The second-order valence-electron chi connectivity index (χ2n) is 5.37. The van der Waals surface area contributed by atoms with Crippen LogP contribution in [0.25, 0.3) is 0 Å². The number of alkyl halides is 1. The average molecular weight is 333 g/mol. The fraction of sp³-hybridized carbons (Fsp3) is 0.600. The molecule has 1 fully saturated rings. The lowest BCUT2D eigenvalue weighted by molar-refractivity contribution is 0.246. The van der Waals surface area contributed by atoms with E-state index in [0.717, 1.165) is 6.42 Å². The van der Waals surface area contributed by atoms with Crippen LogP contribution in [-0.2, 0) is 9.84 Å². The van der Waals surface area contributed by atoms with Crippen LogP contribution in [0.3, 0.4) is 0 Å². The van der Waals surface area contributed by atoms with Crippen LogP contribution in [0.5, 0.6) is 11.5 Å². The van der Waals surface area contributed by atoms with E-state index in [0.29, 0.717) is 36.2 Å². The van der Waals surface area contributed by atoms with E-state index < -0.39 is 9.84 Å². The van der Waals surface area contributed by atoms with Crippen molar-refractivity contribution in [1.29, 1.82) is 0 Å². The molecule has 21 heavy (non-hydrogen) atoms. The summed E-state index contributed by atoms with van der Waals surface area (Å²) in [6.07, 6.45) is 1.47. The number of rotatable bonds is 7. The molecule has 1 aromatic rings. The van der Waals surface area contributed by atoms with E-state index in [9.17, 15) is 8.42 Å². The van der Waals surface area contributed by atoms with Crippen molar-refractivity contribution in [3.63, 3.8) is 0 Å². The Morgan fingerprint density at radius 2 is 2.05 bits per heavy atom. The Morgan fingerprint density at radius 1 is 1.33 bits per heavy atom. The number of hydrogen-bond donors (Lipinski definition) is 0. The summed E-state index contributed by atoms with van der Waals surface area (Å²) in [6, 6.07) is 7.48. The third kappa shape index (κ3) is 4.51. The fourth-order valence-electron chi connectivity index (χ4n) is 2.69. The van der Waals surface area contributed by atoms with Crippen LogP contribution in [0.2, 0.25) is 0 Å². The van der Waals surface area contributed by atoms with Crippen molar-refractivity contribution < 1.29 is 17.9 Å². The molecule has 1 aliphatic rings. The lowest BCUT2D eigenvalue weighted by Gasteiger charge is -2.20. The van der Waals surface area contributed by atoms with Gasteiger partial charge in [0.25, 0.3) is 0 Å². The maximum absolute atomic E-state index is 11.5.